The molecule has 1 aliphatic heterocycles. The third-order valence-corrected chi connectivity index (χ3v) is 4.68. The van der Waals surface area contributed by atoms with Crippen LogP contribution in [0.4, 0.5) is 11.4 Å². The van der Waals surface area contributed by atoms with Crippen LogP contribution < -0.4 is 10.2 Å². The number of amides is 1. The number of carbonyl (C=O) groups excluding carboxylic acids is 1. The molecule has 2 aromatic rings. The first-order valence-corrected chi connectivity index (χ1v) is 8.84. The van der Waals surface area contributed by atoms with Crippen LogP contribution in [0.25, 0.3) is 0 Å². The largest absolute Gasteiger partial charge is 0.368 e. The van der Waals surface area contributed by atoms with Gasteiger partial charge in [0.25, 0.3) is 5.91 Å². The Labute approximate surface area is 149 Å². The molecule has 0 radical (unpaired) electrons. The minimum Gasteiger partial charge on any atom is -0.368 e. The van der Waals surface area contributed by atoms with Gasteiger partial charge >= 0.3 is 0 Å². The molecule has 25 heavy (non-hydrogen) atoms. The highest BCUT2D eigenvalue weighted by molar-refractivity contribution is 6.03. The third kappa shape index (κ3) is 4.17. The minimum absolute atomic E-state index is 0.168. The van der Waals surface area contributed by atoms with Crippen LogP contribution in [0, 0.1) is 0 Å². The van der Waals surface area contributed by atoms with Crippen LogP contribution in [0.15, 0.2) is 42.6 Å². The summed E-state index contributed by atoms with van der Waals surface area (Å²) in [6.07, 6.45) is 1.80. The van der Waals surface area contributed by atoms with E-state index in [9.17, 15) is 4.79 Å². The Kier molecular flexibility index (Phi) is 5.34. The van der Waals surface area contributed by atoms with Crippen molar-refractivity contribution >= 4 is 17.3 Å². The number of para-hydroxylation sites is 1. The average Bonchev–Trinajstić information content (AvgIpc) is 2.63. The van der Waals surface area contributed by atoms with Gasteiger partial charge in [-0.2, -0.15) is 0 Å². The maximum Gasteiger partial charge on any atom is 0.274 e. The molecule has 0 bridgehead atoms. The smallest absolute Gasteiger partial charge is 0.274 e. The number of nitrogens with one attached hydrogen (secondary N) is 1. The summed E-state index contributed by atoms with van der Waals surface area (Å²) in [5, 5.41) is 2.99. The van der Waals surface area contributed by atoms with Crippen LogP contribution in [-0.4, -0.2) is 49.0 Å². The van der Waals surface area contributed by atoms with Gasteiger partial charge in [0.05, 0.1) is 11.9 Å². The summed E-state index contributed by atoms with van der Waals surface area (Å²) in [5.74, 6) is 0.182. The molecule has 0 atom stereocenters. The first kappa shape index (κ1) is 17.4. The van der Waals surface area contributed by atoms with Gasteiger partial charge in [-0.25, -0.2) is 4.98 Å². The summed E-state index contributed by atoms with van der Waals surface area (Å²) in [5.41, 5.74) is 3.50. The van der Waals surface area contributed by atoms with Gasteiger partial charge in [0, 0.05) is 31.9 Å². The maximum absolute atomic E-state index is 12.5. The second-order valence-electron chi connectivity index (χ2n) is 6.89. The molecule has 1 aromatic carbocycles. The molecule has 0 aliphatic carbocycles. The van der Waals surface area contributed by atoms with Gasteiger partial charge in [-0.15, -0.1) is 0 Å². The summed E-state index contributed by atoms with van der Waals surface area (Å²) in [6.45, 7) is 8.32. The van der Waals surface area contributed by atoms with Gasteiger partial charge < -0.3 is 15.1 Å². The van der Waals surface area contributed by atoms with Crippen molar-refractivity contribution in [3.8, 4) is 0 Å². The molecule has 5 nitrogen and oxygen atoms in total. The summed E-state index contributed by atoms with van der Waals surface area (Å²) >= 11 is 0. The number of piperazine rings is 1. The first-order chi connectivity index (χ1) is 12.0. The number of rotatable bonds is 4. The van der Waals surface area contributed by atoms with E-state index in [2.05, 4.69) is 41.0 Å². The van der Waals surface area contributed by atoms with E-state index in [1.54, 1.807) is 12.3 Å². The number of nitrogens with zero attached hydrogens (tertiary/aromatic N) is 3. The third-order valence-electron chi connectivity index (χ3n) is 4.68. The van der Waals surface area contributed by atoms with Gasteiger partial charge in [0.2, 0.25) is 0 Å². The van der Waals surface area contributed by atoms with Gasteiger partial charge in [-0.1, -0.05) is 32.0 Å². The molecule has 132 valence electrons. The summed E-state index contributed by atoms with van der Waals surface area (Å²) in [7, 11) is 2.14. The molecular formula is C20H26N4O. The highest BCUT2D eigenvalue weighted by Crippen LogP contribution is 2.24. The molecule has 0 spiro atoms. The van der Waals surface area contributed by atoms with Crippen molar-refractivity contribution in [2.45, 2.75) is 19.8 Å². The number of carbonyl (C=O) groups is 1. The Hall–Kier alpha value is -2.40. The number of pyridine rings is 1. The Balaban J connectivity index is 1.69. The van der Waals surface area contributed by atoms with Gasteiger partial charge in [0.15, 0.2) is 0 Å². The lowest BCUT2D eigenvalue weighted by atomic mass is 10.0. The Morgan fingerprint density at radius 1 is 1.08 bits per heavy atom. The standard InChI is InChI=1S/C20H26N4O/c1-15(2)17-6-4-5-7-18(17)22-20(25)19-9-8-16(14-21-19)24-12-10-23(3)11-13-24/h4-9,14-15H,10-13H2,1-3H3,(H,22,25). The van der Waals surface area contributed by atoms with Crippen molar-refractivity contribution in [1.82, 2.24) is 9.88 Å². The predicted octanol–water partition coefficient (Wildman–Crippen LogP) is 3.21. The first-order valence-electron chi connectivity index (χ1n) is 8.84. The van der Waals surface area contributed by atoms with Crippen molar-refractivity contribution in [2.75, 3.05) is 43.4 Å². The Bertz CT molecular complexity index is 719. The van der Waals surface area contributed by atoms with E-state index >= 15 is 0 Å². The van der Waals surface area contributed by atoms with E-state index in [4.69, 9.17) is 0 Å². The minimum atomic E-state index is -0.168. The molecule has 1 fully saturated rings. The molecule has 1 aliphatic rings. The number of anilines is 2. The molecule has 0 unspecified atom stereocenters. The number of aromatic nitrogens is 1. The molecule has 1 N–H and O–H groups in total. The van der Waals surface area contributed by atoms with Crippen LogP contribution in [0.2, 0.25) is 0 Å². The van der Waals surface area contributed by atoms with Crippen LogP contribution in [-0.2, 0) is 0 Å². The lowest BCUT2D eigenvalue weighted by molar-refractivity contribution is 0.102. The lowest BCUT2D eigenvalue weighted by Crippen LogP contribution is -2.44. The zero-order valence-electron chi connectivity index (χ0n) is 15.2. The molecule has 1 amide bonds. The molecule has 5 heteroatoms. The van der Waals surface area contributed by atoms with Crippen molar-refractivity contribution in [3.05, 3.63) is 53.9 Å². The molecule has 1 saturated heterocycles. The summed E-state index contributed by atoms with van der Waals surface area (Å²) < 4.78 is 0. The van der Waals surface area contributed by atoms with Crippen molar-refractivity contribution < 1.29 is 4.79 Å². The van der Waals surface area contributed by atoms with Crippen molar-refractivity contribution in [3.63, 3.8) is 0 Å². The van der Waals surface area contributed by atoms with Gasteiger partial charge in [0.1, 0.15) is 5.69 Å². The fraction of sp³-hybridized carbons (Fsp3) is 0.400. The number of benzene rings is 1. The van der Waals surface area contributed by atoms with E-state index in [1.165, 1.54) is 0 Å². The fourth-order valence-corrected chi connectivity index (χ4v) is 3.07. The topological polar surface area (TPSA) is 48.5 Å². The monoisotopic (exact) mass is 338 g/mol. The maximum atomic E-state index is 12.5. The predicted molar refractivity (Wildman–Crippen MR) is 102 cm³/mol. The average molecular weight is 338 g/mol. The Morgan fingerprint density at radius 2 is 1.80 bits per heavy atom. The zero-order valence-corrected chi connectivity index (χ0v) is 15.2. The molecular weight excluding hydrogens is 312 g/mol. The molecule has 3 rings (SSSR count). The van der Waals surface area contributed by atoms with Crippen molar-refractivity contribution in [2.24, 2.45) is 0 Å². The normalized spacial score (nSPS) is 15.4. The highest BCUT2D eigenvalue weighted by atomic mass is 16.1. The number of hydrogen-bond donors (Lipinski definition) is 1. The lowest BCUT2D eigenvalue weighted by Gasteiger charge is -2.33. The molecule has 1 aromatic heterocycles. The van der Waals surface area contributed by atoms with E-state index in [0.717, 1.165) is 43.1 Å². The number of likely N-dealkylation sites (N-methyl/N-ethyl adjacent to an activating group) is 1. The van der Waals surface area contributed by atoms with Gasteiger partial charge in [-0.05, 0) is 36.7 Å². The zero-order chi connectivity index (χ0) is 17.8. The number of hydrogen-bond acceptors (Lipinski definition) is 4. The quantitative estimate of drug-likeness (QED) is 0.930. The Morgan fingerprint density at radius 3 is 2.44 bits per heavy atom. The summed E-state index contributed by atoms with van der Waals surface area (Å²) in [4.78, 5) is 21.5. The second kappa shape index (κ2) is 7.66. The van der Waals surface area contributed by atoms with E-state index in [-0.39, 0.29) is 5.91 Å². The van der Waals surface area contributed by atoms with E-state index in [1.807, 2.05) is 30.3 Å². The van der Waals surface area contributed by atoms with Crippen LogP contribution in [0.5, 0.6) is 0 Å². The fourth-order valence-electron chi connectivity index (χ4n) is 3.07. The van der Waals surface area contributed by atoms with E-state index in [0.29, 0.717) is 11.6 Å². The van der Waals surface area contributed by atoms with Crippen LogP contribution in [0.1, 0.15) is 35.8 Å². The van der Waals surface area contributed by atoms with Gasteiger partial charge in [-0.3, -0.25) is 4.79 Å². The van der Waals surface area contributed by atoms with E-state index < -0.39 is 0 Å². The SMILES string of the molecule is CC(C)c1ccccc1NC(=O)c1ccc(N2CCN(C)CC2)cn1. The second-order valence-corrected chi connectivity index (χ2v) is 6.89. The van der Waals surface area contributed by atoms with Crippen LogP contribution in [0.3, 0.4) is 0 Å². The van der Waals surface area contributed by atoms with Crippen molar-refractivity contribution in [1.29, 1.82) is 0 Å². The highest BCUT2D eigenvalue weighted by Gasteiger charge is 2.16. The molecule has 2 heterocycles. The van der Waals surface area contributed by atoms with Crippen LogP contribution >= 0.6 is 0 Å². The summed E-state index contributed by atoms with van der Waals surface area (Å²) in [6, 6.07) is 11.7. The molecule has 0 saturated carbocycles.